The number of benzene rings is 3. The third-order valence-electron chi connectivity index (χ3n) is 4.76. The lowest BCUT2D eigenvalue weighted by Gasteiger charge is -2.23. The molecule has 0 amide bonds. The van der Waals surface area contributed by atoms with Crippen molar-refractivity contribution in [1.29, 1.82) is 0 Å². The van der Waals surface area contributed by atoms with E-state index in [-0.39, 0.29) is 0 Å². The highest BCUT2D eigenvalue weighted by atomic mass is 127. The third-order valence-corrected chi connectivity index (χ3v) is 5.88. The van der Waals surface area contributed by atoms with Crippen LogP contribution < -0.4 is 0 Å². The highest BCUT2D eigenvalue weighted by Gasteiger charge is 2.31. The zero-order chi connectivity index (χ0) is 25.0. The van der Waals surface area contributed by atoms with Crippen molar-refractivity contribution in [2.24, 2.45) is 4.99 Å². The zero-order valence-electron chi connectivity index (χ0n) is 18.7. The first-order valence-corrected chi connectivity index (χ1v) is 11.5. The normalized spacial score (nSPS) is 12.2. The zero-order valence-corrected chi connectivity index (χ0v) is 20.9. The van der Waals surface area contributed by atoms with E-state index in [4.69, 9.17) is 4.74 Å². The number of ether oxygens (including phenoxy) is 1. The second-order valence-electron chi connectivity index (χ2n) is 8.51. The summed E-state index contributed by atoms with van der Waals surface area (Å²) in [6.45, 7) is 4.97. The number of carbonyl (C=O) groups excluding carboxylic acids is 1. The molecule has 0 aliphatic rings. The SMILES string of the molecule is CC(C)(C)OC(=O)[C@H](Cc1c(F)c(F)c(F)c(F)c1I)N=C(c1ccccc1)c1ccccc1. The fourth-order valence-electron chi connectivity index (χ4n) is 3.24. The molecule has 1 atom stereocenters. The molecule has 3 aromatic rings. The van der Waals surface area contributed by atoms with Crippen molar-refractivity contribution in [2.75, 3.05) is 0 Å². The van der Waals surface area contributed by atoms with Crippen molar-refractivity contribution in [3.8, 4) is 0 Å². The largest absolute Gasteiger partial charge is 0.458 e. The van der Waals surface area contributed by atoms with Crippen LogP contribution in [-0.4, -0.2) is 23.3 Å². The van der Waals surface area contributed by atoms with Gasteiger partial charge in [-0.15, -0.1) is 0 Å². The van der Waals surface area contributed by atoms with E-state index in [1.165, 1.54) is 22.6 Å². The van der Waals surface area contributed by atoms with Crippen molar-refractivity contribution >= 4 is 34.3 Å². The lowest BCUT2D eigenvalue weighted by molar-refractivity contribution is -0.156. The maximum absolute atomic E-state index is 14.7. The Hall–Kier alpha value is -2.75. The van der Waals surface area contributed by atoms with Crippen LogP contribution >= 0.6 is 22.6 Å². The number of esters is 1. The Morgan fingerprint density at radius 3 is 1.79 bits per heavy atom. The summed E-state index contributed by atoms with van der Waals surface area (Å²) in [6, 6.07) is 16.6. The molecule has 0 saturated carbocycles. The minimum Gasteiger partial charge on any atom is -0.458 e. The fraction of sp³-hybridized carbons (Fsp3) is 0.231. The predicted octanol–water partition coefficient (Wildman–Crippen LogP) is 6.64. The van der Waals surface area contributed by atoms with E-state index in [2.05, 4.69) is 4.99 Å². The first kappa shape index (κ1) is 25.9. The van der Waals surface area contributed by atoms with Gasteiger partial charge in [0.15, 0.2) is 29.3 Å². The number of carbonyl (C=O) groups is 1. The molecule has 0 radical (unpaired) electrons. The van der Waals surface area contributed by atoms with Crippen LogP contribution in [0.1, 0.15) is 37.5 Å². The molecule has 0 aliphatic heterocycles. The van der Waals surface area contributed by atoms with E-state index in [1.807, 2.05) is 12.1 Å². The summed E-state index contributed by atoms with van der Waals surface area (Å²) in [7, 11) is 0. The second kappa shape index (κ2) is 10.7. The monoisotopic (exact) mass is 583 g/mol. The smallest absolute Gasteiger partial charge is 0.331 e. The Morgan fingerprint density at radius 2 is 1.32 bits per heavy atom. The van der Waals surface area contributed by atoms with Gasteiger partial charge in [0.25, 0.3) is 0 Å². The lowest BCUT2D eigenvalue weighted by atomic mass is 10.00. The van der Waals surface area contributed by atoms with E-state index < -0.39 is 56.4 Å². The van der Waals surface area contributed by atoms with Crippen LogP contribution in [-0.2, 0) is 16.0 Å². The molecule has 0 aliphatic carbocycles. The maximum atomic E-state index is 14.7. The molecular formula is C26H22F4INO2. The van der Waals surface area contributed by atoms with Gasteiger partial charge in [0.1, 0.15) is 5.60 Å². The number of hydrogen-bond acceptors (Lipinski definition) is 3. The summed E-state index contributed by atoms with van der Waals surface area (Å²) >= 11 is 1.39. The lowest BCUT2D eigenvalue weighted by Crippen LogP contribution is -2.33. The highest BCUT2D eigenvalue weighted by molar-refractivity contribution is 14.1. The molecule has 0 aromatic heterocycles. The van der Waals surface area contributed by atoms with Gasteiger partial charge in [0.2, 0.25) is 0 Å². The van der Waals surface area contributed by atoms with E-state index in [9.17, 15) is 22.4 Å². The quantitative estimate of drug-likeness (QED) is 0.0816. The van der Waals surface area contributed by atoms with Crippen LogP contribution in [0.15, 0.2) is 65.7 Å². The summed E-state index contributed by atoms with van der Waals surface area (Å²) in [5, 5.41) is 0. The molecule has 0 heterocycles. The Balaban J connectivity index is 2.18. The summed E-state index contributed by atoms with van der Waals surface area (Å²) in [5.41, 5.74) is 0.380. The summed E-state index contributed by atoms with van der Waals surface area (Å²) in [5.74, 6) is -7.73. The van der Waals surface area contributed by atoms with Crippen molar-refractivity contribution in [3.63, 3.8) is 0 Å². The summed E-state index contributed by atoms with van der Waals surface area (Å²) < 4.78 is 61.6. The van der Waals surface area contributed by atoms with Gasteiger partial charge in [-0.25, -0.2) is 22.4 Å². The molecule has 178 valence electrons. The molecule has 0 N–H and O–H groups in total. The first-order valence-electron chi connectivity index (χ1n) is 10.4. The van der Waals surface area contributed by atoms with Gasteiger partial charge in [-0.2, -0.15) is 0 Å². The Labute approximate surface area is 209 Å². The van der Waals surface area contributed by atoms with Crippen LogP contribution in [0.25, 0.3) is 0 Å². The fourth-order valence-corrected chi connectivity index (χ4v) is 3.93. The van der Waals surface area contributed by atoms with Crippen LogP contribution in [0.5, 0.6) is 0 Å². The topological polar surface area (TPSA) is 38.7 Å². The minimum absolute atomic E-state index is 0.413. The van der Waals surface area contributed by atoms with Gasteiger partial charge in [0.05, 0.1) is 9.28 Å². The molecule has 3 aromatic carbocycles. The summed E-state index contributed by atoms with van der Waals surface area (Å²) in [4.78, 5) is 17.7. The number of rotatable bonds is 6. The Kier molecular flexibility index (Phi) is 8.12. The van der Waals surface area contributed by atoms with Crippen LogP contribution in [0.4, 0.5) is 17.6 Å². The van der Waals surface area contributed by atoms with Crippen molar-refractivity contribution in [1.82, 2.24) is 0 Å². The molecule has 34 heavy (non-hydrogen) atoms. The van der Waals surface area contributed by atoms with E-state index in [1.54, 1.807) is 69.3 Å². The van der Waals surface area contributed by atoms with Gasteiger partial charge in [0, 0.05) is 23.1 Å². The number of aliphatic imine (C=N–C) groups is 1. The van der Waals surface area contributed by atoms with Crippen LogP contribution in [0.2, 0.25) is 0 Å². The average molecular weight is 583 g/mol. The predicted molar refractivity (Wildman–Crippen MR) is 131 cm³/mol. The van der Waals surface area contributed by atoms with Gasteiger partial charge in [-0.05, 0) is 43.4 Å². The highest BCUT2D eigenvalue weighted by Crippen LogP contribution is 2.28. The molecule has 0 bridgehead atoms. The average Bonchev–Trinajstić information content (AvgIpc) is 2.81. The molecule has 0 unspecified atom stereocenters. The van der Waals surface area contributed by atoms with Crippen LogP contribution in [0, 0.1) is 26.8 Å². The van der Waals surface area contributed by atoms with Gasteiger partial charge in [-0.3, -0.25) is 4.99 Å². The number of nitrogens with zero attached hydrogens (tertiary/aromatic N) is 1. The van der Waals surface area contributed by atoms with Gasteiger partial charge in [-0.1, -0.05) is 60.7 Å². The second-order valence-corrected chi connectivity index (χ2v) is 9.59. The Bertz CT molecular complexity index is 1140. The number of hydrogen-bond donors (Lipinski definition) is 0. The standard InChI is InChI=1S/C26H22F4INO2/c1-26(2,3)34-25(33)18(14-17-19(27)20(28)21(29)22(30)23(17)31)32-24(15-10-6-4-7-11-15)16-12-8-5-9-13-16/h4-13,18H,14H2,1-3H3/t18-/m0/s1. The molecule has 0 saturated heterocycles. The first-order chi connectivity index (χ1) is 16.0. The van der Waals surface area contributed by atoms with Crippen molar-refractivity contribution in [3.05, 3.63) is 104 Å². The van der Waals surface area contributed by atoms with Gasteiger partial charge < -0.3 is 4.74 Å². The Morgan fingerprint density at radius 1 is 0.853 bits per heavy atom. The molecule has 8 heteroatoms. The molecular weight excluding hydrogens is 561 g/mol. The minimum atomic E-state index is -1.94. The molecule has 3 nitrogen and oxygen atoms in total. The van der Waals surface area contributed by atoms with Crippen molar-refractivity contribution in [2.45, 2.75) is 38.8 Å². The van der Waals surface area contributed by atoms with E-state index >= 15 is 0 Å². The van der Waals surface area contributed by atoms with Gasteiger partial charge >= 0.3 is 5.97 Å². The number of halogens is 5. The summed E-state index contributed by atoms with van der Waals surface area (Å²) in [6.07, 6.45) is -0.531. The van der Waals surface area contributed by atoms with Crippen LogP contribution in [0.3, 0.4) is 0 Å². The third kappa shape index (κ3) is 6.02. The van der Waals surface area contributed by atoms with E-state index in [0.717, 1.165) is 0 Å². The van der Waals surface area contributed by atoms with E-state index in [0.29, 0.717) is 16.8 Å². The molecule has 3 rings (SSSR count). The van der Waals surface area contributed by atoms with Crippen molar-refractivity contribution < 1.29 is 27.1 Å². The molecule has 0 fully saturated rings. The maximum Gasteiger partial charge on any atom is 0.331 e. The molecule has 0 spiro atoms.